The van der Waals surface area contributed by atoms with Crippen LogP contribution in [0.4, 0.5) is 0 Å². The number of hydrogen-bond acceptors (Lipinski definition) is 2. The molecular weight excluding hydrogens is 272 g/mol. The van der Waals surface area contributed by atoms with Crippen molar-refractivity contribution in [3.63, 3.8) is 0 Å². The van der Waals surface area contributed by atoms with Crippen molar-refractivity contribution >= 4 is 0 Å². The van der Waals surface area contributed by atoms with Crippen LogP contribution in [0.3, 0.4) is 0 Å². The molecular formula is C16H25ClN2O. The summed E-state index contributed by atoms with van der Waals surface area (Å²) in [5.74, 6) is 0. The number of hydroxylamine groups is 3. The molecule has 1 aromatic rings. The Balaban J connectivity index is 0.00000361. The Morgan fingerprint density at radius 2 is 1.75 bits per heavy atom. The summed E-state index contributed by atoms with van der Waals surface area (Å²) in [5, 5.41) is 9.46. The van der Waals surface area contributed by atoms with Gasteiger partial charge in [0.05, 0.1) is 0 Å². The third kappa shape index (κ3) is 4.21. The largest absolute Gasteiger partial charge is 1.00 e. The van der Waals surface area contributed by atoms with Gasteiger partial charge in [-0.1, -0.05) is 36.7 Å². The van der Waals surface area contributed by atoms with Crippen LogP contribution >= 0.6 is 0 Å². The minimum Gasteiger partial charge on any atom is -1.00 e. The molecule has 1 aromatic carbocycles. The van der Waals surface area contributed by atoms with Crippen LogP contribution in [-0.2, 0) is 24.2 Å². The highest BCUT2D eigenvalue weighted by Gasteiger charge is 2.29. The highest BCUT2D eigenvalue weighted by molar-refractivity contribution is 5.35. The number of quaternary nitrogens is 1. The number of rotatable bonds is 7. The zero-order valence-corrected chi connectivity index (χ0v) is 13.7. The van der Waals surface area contributed by atoms with E-state index in [0.717, 1.165) is 12.8 Å². The van der Waals surface area contributed by atoms with Crippen LogP contribution < -0.4 is 12.4 Å². The molecule has 1 atom stereocenters. The molecule has 4 heteroatoms. The van der Waals surface area contributed by atoms with Gasteiger partial charge in [-0.3, -0.25) is 0 Å². The van der Waals surface area contributed by atoms with E-state index >= 15 is 0 Å². The molecule has 0 N–H and O–H groups in total. The maximum absolute atomic E-state index is 9.46. The minimum atomic E-state index is 0. The maximum Gasteiger partial charge on any atom is 0.344 e. The smallest absolute Gasteiger partial charge is 0.344 e. The summed E-state index contributed by atoms with van der Waals surface area (Å²) in [6, 6.07) is 6.38. The van der Waals surface area contributed by atoms with Crippen LogP contribution in [-0.4, -0.2) is 17.8 Å². The molecule has 1 rings (SSSR count). The van der Waals surface area contributed by atoms with Gasteiger partial charge in [0.25, 0.3) is 0 Å². The molecule has 0 bridgehead atoms. The quantitative estimate of drug-likeness (QED) is 0.419. The van der Waals surface area contributed by atoms with E-state index in [-0.39, 0.29) is 17.1 Å². The molecule has 0 amide bonds. The van der Waals surface area contributed by atoms with Crippen LogP contribution in [0.1, 0.15) is 44.4 Å². The van der Waals surface area contributed by atoms with Crippen LogP contribution in [0.15, 0.2) is 18.2 Å². The van der Waals surface area contributed by atoms with E-state index < -0.39 is 0 Å². The summed E-state index contributed by atoms with van der Waals surface area (Å²) in [5.41, 5.74) is 3.98. The fourth-order valence-corrected chi connectivity index (χ4v) is 2.53. The van der Waals surface area contributed by atoms with E-state index in [1.807, 2.05) is 13.8 Å². The number of hydrogen-bond donors (Lipinski definition) is 0. The summed E-state index contributed by atoms with van der Waals surface area (Å²) >= 11 is 0. The molecule has 0 radical (unpaired) electrons. The van der Waals surface area contributed by atoms with E-state index in [9.17, 15) is 5.26 Å². The number of nitrogens with zero attached hydrogens (tertiary/aromatic N) is 2. The van der Waals surface area contributed by atoms with Crippen molar-refractivity contribution in [2.45, 2.75) is 47.1 Å². The molecule has 0 aliphatic heterocycles. The Kier molecular flexibility index (Phi) is 8.48. The molecule has 112 valence electrons. The maximum atomic E-state index is 9.46. The fourth-order valence-electron chi connectivity index (χ4n) is 2.53. The first kappa shape index (κ1) is 18.9. The van der Waals surface area contributed by atoms with Crippen molar-refractivity contribution in [2.24, 2.45) is 0 Å². The van der Waals surface area contributed by atoms with E-state index in [2.05, 4.69) is 38.2 Å². The van der Waals surface area contributed by atoms with Crippen LogP contribution in [0.2, 0.25) is 0 Å². The van der Waals surface area contributed by atoms with Gasteiger partial charge in [0, 0.05) is 5.56 Å². The Labute approximate surface area is 129 Å². The lowest BCUT2D eigenvalue weighted by Crippen LogP contribution is -3.00. The second kappa shape index (κ2) is 8.97. The van der Waals surface area contributed by atoms with Crippen LogP contribution in [0.25, 0.3) is 0 Å². The predicted molar refractivity (Wildman–Crippen MR) is 76.9 cm³/mol. The summed E-state index contributed by atoms with van der Waals surface area (Å²) in [4.78, 5) is 5.68. The molecule has 0 heterocycles. The van der Waals surface area contributed by atoms with E-state index in [4.69, 9.17) is 4.84 Å². The van der Waals surface area contributed by atoms with Gasteiger partial charge in [-0.15, -0.1) is 5.26 Å². The molecule has 0 aromatic heterocycles. The van der Waals surface area contributed by atoms with Gasteiger partial charge in [-0.25, -0.2) is 0 Å². The van der Waals surface area contributed by atoms with Gasteiger partial charge in [0.15, 0.2) is 6.54 Å². The first-order chi connectivity index (χ1) is 9.16. The molecule has 0 aliphatic carbocycles. The lowest BCUT2D eigenvalue weighted by molar-refractivity contribution is -1.06. The number of halogens is 1. The van der Waals surface area contributed by atoms with Crippen molar-refractivity contribution in [1.29, 1.82) is 5.26 Å². The predicted octanol–water partition coefficient (Wildman–Crippen LogP) is 0.585. The summed E-state index contributed by atoms with van der Waals surface area (Å²) < 4.78 is 0.0384. The Bertz CT molecular complexity index is 456. The third-order valence-corrected chi connectivity index (χ3v) is 3.60. The molecule has 0 spiro atoms. The molecule has 1 unspecified atom stereocenters. The Hall–Kier alpha value is -1.08. The van der Waals surface area contributed by atoms with E-state index in [1.54, 1.807) is 0 Å². The van der Waals surface area contributed by atoms with Crippen molar-refractivity contribution in [3.8, 4) is 6.19 Å². The van der Waals surface area contributed by atoms with Gasteiger partial charge >= 0.3 is 6.19 Å². The van der Waals surface area contributed by atoms with Crippen molar-refractivity contribution in [3.05, 3.63) is 34.9 Å². The van der Waals surface area contributed by atoms with E-state index in [1.165, 1.54) is 16.7 Å². The molecule has 0 saturated heterocycles. The molecule has 0 aliphatic rings. The SMILES string of the molecule is CCO[N+](C#N)(CC)Cc1cccc(CC)c1CC.[Cl-]. The van der Waals surface area contributed by atoms with Gasteiger partial charge in [-0.2, -0.15) is 4.84 Å². The first-order valence-corrected chi connectivity index (χ1v) is 7.18. The molecule has 0 saturated carbocycles. The lowest BCUT2D eigenvalue weighted by Gasteiger charge is -2.26. The molecule has 20 heavy (non-hydrogen) atoms. The number of benzene rings is 1. The Morgan fingerprint density at radius 3 is 2.20 bits per heavy atom. The monoisotopic (exact) mass is 296 g/mol. The summed E-state index contributed by atoms with van der Waals surface area (Å²) in [6.45, 7) is 10.1. The average Bonchev–Trinajstić information content (AvgIpc) is 2.46. The van der Waals surface area contributed by atoms with Gasteiger partial charge < -0.3 is 12.4 Å². The zero-order chi connectivity index (χ0) is 14.3. The highest BCUT2D eigenvalue weighted by Crippen LogP contribution is 2.22. The number of aryl methyl sites for hydroxylation is 1. The first-order valence-electron chi connectivity index (χ1n) is 7.18. The standard InChI is InChI=1S/C16H25N2O.ClH/c1-5-14-10-9-11-15(16(14)6-2)12-18(7-3,13-17)19-8-4;/h9-11H,5-8,12H2,1-4H3;1H/q+1;/p-1. The molecule has 3 nitrogen and oxygen atoms in total. The van der Waals surface area contributed by atoms with Gasteiger partial charge in [0.1, 0.15) is 13.2 Å². The lowest BCUT2D eigenvalue weighted by atomic mass is 9.97. The second-order valence-corrected chi connectivity index (χ2v) is 4.64. The summed E-state index contributed by atoms with van der Waals surface area (Å²) in [7, 11) is 0. The summed E-state index contributed by atoms with van der Waals surface area (Å²) in [6.07, 6.45) is 4.35. The Morgan fingerprint density at radius 1 is 1.10 bits per heavy atom. The van der Waals surface area contributed by atoms with Gasteiger partial charge in [-0.05, 0) is 37.8 Å². The van der Waals surface area contributed by atoms with Crippen molar-refractivity contribution < 1.29 is 21.9 Å². The van der Waals surface area contributed by atoms with Crippen LogP contribution in [0.5, 0.6) is 0 Å². The second-order valence-electron chi connectivity index (χ2n) is 4.64. The van der Waals surface area contributed by atoms with Crippen molar-refractivity contribution in [1.82, 2.24) is 0 Å². The third-order valence-electron chi connectivity index (χ3n) is 3.60. The number of nitriles is 1. The zero-order valence-electron chi connectivity index (χ0n) is 12.9. The normalized spacial score (nSPS) is 13.2. The average molecular weight is 297 g/mol. The van der Waals surface area contributed by atoms with Gasteiger partial charge in [0.2, 0.25) is 0 Å². The fraction of sp³-hybridized carbons (Fsp3) is 0.562. The minimum absolute atomic E-state index is 0. The molecule has 0 fully saturated rings. The highest BCUT2D eigenvalue weighted by atomic mass is 35.5. The topological polar surface area (TPSA) is 33.0 Å². The van der Waals surface area contributed by atoms with Crippen LogP contribution in [0, 0.1) is 11.5 Å². The van der Waals surface area contributed by atoms with Crippen molar-refractivity contribution in [2.75, 3.05) is 13.2 Å². The van der Waals surface area contributed by atoms with E-state index in [0.29, 0.717) is 19.7 Å².